The molecular weight excluding hydrogens is 428 g/mol. The molecule has 3 heterocycles. The smallest absolute Gasteiger partial charge is 0.356 e. The molecule has 0 saturated carbocycles. The van der Waals surface area contributed by atoms with Gasteiger partial charge in [0, 0.05) is 23.4 Å². The minimum atomic E-state index is -1.10. The SMILES string of the molecule is CC(C)C(C)(c1ccc(OCc2ccccn2)cc1)c1ccc(-c2ccc(C(=O)O)nn2)cn1. The summed E-state index contributed by atoms with van der Waals surface area (Å²) in [5.74, 6) is -0.0404. The second kappa shape index (κ2) is 9.79. The van der Waals surface area contributed by atoms with E-state index in [0.717, 1.165) is 28.3 Å². The van der Waals surface area contributed by atoms with Gasteiger partial charge in [0.1, 0.15) is 12.4 Å². The van der Waals surface area contributed by atoms with Crippen LogP contribution in [0.15, 0.2) is 79.1 Å². The van der Waals surface area contributed by atoms with E-state index in [1.165, 1.54) is 6.07 Å². The summed E-state index contributed by atoms with van der Waals surface area (Å²) in [6, 6.07) is 20.9. The van der Waals surface area contributed by atoms with E-state index in [0.29, 0.717) is 12.3 Å². The van der Waals surface area contributed by atoms with Crippen LogP contribution in [-0.2, 0) is 12.0 Å². The van der Waals surface area contributed by atoms with Crippen LogP contribution in [0.5, 0.6) is 5.75 Å². The molecule has 0 saturated heterocycles. The van der Waals surface area contributed by atoms with Gasteiger partial charge in [0.2, 0.25) is 0 Å². The number of ether oxygens (including phenoxy) is 1. The Hall–Kier alpha value is -4.13. The van der Waals surface area contributed by atoms with Crippen LogP contribution in [0.25, 0.3) is 11.3 Å². The van der Waals surface area contributed by atoms with Crippen LogP contribution in [0, 0.1) is 5.92 Å². The second-order valence-corrected chi connectivity index (χ2v) is 8.53. The monoisotopic (exact) mass is 454 g/mol. The standard InChI is InChI=1S/C27H26N4O3/c1-18(2)27(3,20-8-10-22(11-9-20)34-17-21-6-4-5-15-28-21)25-14-7-19(16-29-25)23-12-13-24(26(32)33)31-30-23/h4-16,18H,17H2,1-3H3,(H,32,33). The summed E-state index contributed by atoms with van der Waals surface area (Å²) >= 11 is 0. The lowest BCUT2D eigenvalue weighted by Gasteiger charge is -2.34. The van der Waals surface area contributed by atoms with Crippen molar-refractivity contribution in [2.45, 2.75) is 32.8 Å². The fourth-order valence-corrected chi connectivity index (χ4v) is 3.77. The van der Waals surface area contributed by atoms with Crippen molar-refractivity contribution in [3.63, 3.8) is 0 Å². The third-order valence-electron chi connectivity index (χ3n) is 6.20. The molecule has 0 aliphatic rings. The molecule has 1 N–H and O–H groups in total. The molecule has 3 aromatic heterocycles. The summed E-state index contributed by atoms with van der Waals surface area (Å²) in [6.45, 7) is 6.96. The highest BCUT2D eigenvalue weighted by Gasteiger charge is 2.34. The van der Waals surface area contributed by atoms with Crippen LogP contribution >= 0.6 is 0 Å². The van der Waals surface area contributed by atoms with Crippen molar-refractivity contribution >= 4 is 5.97 Å². The fraction of sp³-hybridized carbons (Fsp3) is 0.222. The number of rotatable bonds is 8. The molecular formula is C27H26N4O3. The lowest BCUT2D eigenvalue weighted by atomic mass is 9.70. The van der Waals surface area contributed by atoms with Crippen molar-refractivity contribution in [1.82, 2.24) is 20.2 Å². The zero-order chi connectivity index (χ0) is 24.1. The van der Waals surface area contributed by atoms with Crippen LogP contribution in [-0.4, -0.2) is 31.2 Å². The molecule has 1 atom stereocenters. The fourth-order valence-electron chi connectivity index (χ4n) is 3.77. The van der Waals surface area contributed by atoms with E-state index >= 15 is 0 Å². The topological polar surface area (TPSA) is 98.1 Å². The van der Waals surface area contributed by atoms with Gasteiger partial charge < -0.3 is 9.84 Å². The Morgan fingerprint density at radius 1 is 0.971 bits per heavy atom. The maximum atomic E-state index is 11.0. The molecule has 0 amide bonds. The molecule has 4 aromatic rings. The highest BCUT2D eigenvalue weighted by molar-refractivity contribution is 5.85. The minimum absolute atomic E-state index is 0.0897. The number of aromatic nitrogens is 4. The second-order valence-electron chi connectivity index (χ2n) is 8.53. The van der Waals surface area contributed by atoms with Crippen molar-refractivity contribution in [2.24, 2.45) is 5.92 Å². The summed E-state index contributed by atoms with van der Waals surface area (Å²) in [5, 5.41) is 16.8. The predicted octanol–water partition coefficient (Wildman–Crippen LogP) is 5.17. The first kappa shape index (κ1) is 23.0. The van der Waals surface area contributed by atoms with Crippen molar-refractivity contribution in [3.8, 4) is 17.0 Å². The minimum Gasteiger partial charge on any atom is -0.487 e. The van der Waals surface area contributed by atoms with Gasteiger partial charge in [0.15, 0.2) is 5.69 Å². The van der Waals surface area contributed by atoms with E-state index in [-0.39, 0.29) is 17.0 Å². The van der Waals surface area contributed by atoms with Gasteiger partial charge in [-0.15, -0.1) is 10.2 Å². The van der Waals surface area contributed by atoms with Crippen LogP contribution in [0.2, 0.25) is 0 Å². The maximum absolute atomic E-state index is 11.0. The Labute approximate surface area is 198 Å². The maximum Gasteiger partial charge on any atom is 0.356 e. The van der Waals surface area contributed by atoms with E-state index in [1.807, 2.05) is 42.5 Å². The van der Waals surface area contributed by atoms with E-state index in [4.69, 9.17) is 14.8 Å². The third-order valence-corrected chi connectivity index (χ3v) is 6.20. The molecule has 1 unspecified atom stereocenters. The summed E-state index contributed by atoms with van der Waals surface area (Å²) in [7, 11) is 0. The third kappa shape index (κ3) is 4.78. The van der Waals surface area contributed by atoms with Crippen molar-refractivity contribution < 1.29 is 14.6 Å². The van der Waals surface area contributed by atoms with Crippen LogP contribution in [0.4, 0.5) is 0 Å². The highest BCUT2D eigenvalue weighted by Crippen LogP contribution is 2.39. The Balaban J connectivity index is 1.54. The first-order valence-electron chi connectivity index (χ1n) is 11.0. The Morgan fingerprint density at radius 3 is 2.32 bits per heavy atom. The molecule has 7 heteroatoms. The molecule has 4 rings (SSSR count). The first-order valence-corrected chi connectivity index (χ1v) is 11.0. The van der Waals surface area contributed by atoms with Gasteiger partial charge in [-0.3, -0.25) is 9.97 Å². The van der Waals surface area contributed by atoms with Gasteiger partial charge in [-0.2, -0.15) is 0 Å². The van der Waals surface area contributed by atoms with Crippen molar-refractivity contribution in [1.29, 1.82) is 0 Å². The van der Waals surface area contributed by atoms with Gasteiger partial charge in [-0.25, -0.2) is 4.79 Å². The average molecular weight is 455 g/mol. The molecule has 0 aliphatic heterocycles. The molecule has 34 heavy (non-hydrogen) atoms. The summed E-state index contributed by atoms with van der Waals surface area (Å²) < 4.78 is 5.89. The highest BCUT2D eigenvalue weighted by atomic mass is 16.5. The number of carbonyl (C=O) groups is 1. The summed E-state index contributed by atoms with van der Waals surface area (Å²) in [4.78, 5) is 20.0. The molecule has 0 bridgehead atoms. The van der Waals surface area contributed by atoms with Crippen LogP contribution in [0.1, 0.15) is 48.2 Å². The lowest BCUT2D eigenvalue weighted by molar-refractivity contribution is 0.0689. The predicted molar refractivity (Wildman–Crippen MR) is 129 cm³/mol. The number of benzene rings is 1. The molecule has 0 spiro atoms. The Morgan fingerprint density at radius 2 is 1.76 bits per heavy atom. The van der Waals surface area contributed by atoms with Crippen LogP contribution in [0.3, 0.4) is 0 Å². The van der Waals surface area contributed by atoms with Gasteiger partial charge >= 0.3 is 5.97 Å². The molecule has 172 valence electrons. The molecule has 1 aromatic carbocycles. The number of carboxylic acid groups (broad SMARTS) is 1. The summed E-state index contributed by atoms with van der Waals surface area (Å²) in [6.07, 6.45) is 3.51. The lowest BCUT2D eigenvalue weighted by Crippen LogP contribution is -2.31. The number of carboxylic acids is 1. The first-order chi connectivity index (χ1) is 16.4. The number of hydrogen-bond acceptors (Lipinski definition) is 6. The van der Waals surface area contributed by atoms with Gasteiger partial charge in [-0.1, -0.05) is 32.0 Å². The van der Waals surface area contributed by atoms with E-state index in [2.05, 4.69) is 48.1 Å². The number of aromatic carboxylic acids is 1. The number of pyridine rings is 2. The molecule has 7 nitrogen and oxygen atoms in total. The average Bonchev–Trinajstić information content (AvgIpc) is 2.88. The number of hydrogen-bond donors (Lipinski definition) is 1. The normalized spacial score (nSPS) is 12.8. The van der Waals surface area contributed by atoms with Gasteiger partial charge in [0.05, 0.1) is 17.1 Å². The quantitative estimate of drug-likeness (QED) is 0.392. The Kier molecular flexibility index (Phi) is 6.63. The zero-order valence-corrected chi connectivity index (χ0v) is 19.3. The van der Waals surface area contributed by atoms with E-state index < -0.39 is 5.97 Å². The van der Waals surface area contributed by atoms with Crippen LogP contribution < -0.4 is 4.74 Å². The zero-order valence-electron chi connectivity index (χ0n) is 19.3. The van der Waals surface area contributed by atoms with E-state index in [9.17, 15) is 4.79 Å². The molecule has 0 aliphatic carbocycles. The van der Waals surface area contributed by atoms with E-state index in [1.54, 1.807) is 18.5 Å². The van der Waals surface area contributed by atoms with Crippen molar-refractivity contribution in [3.05, 3.63) is 102 Å². The van der Waals surface area contributed by atoms with Gasteiger partial charge in [0.25, 0.3) is 0 Å². The Bertz CT molecular complexity index is 1240. The number of nitrogens with zero attached hydrogens (tertiary/aromatic N) is 4. The summed E-state index contributed by atoms with van der Waals surface area (Å²) in [5.41, 5.74) is 3.89. The van der Waals surface area contributed by atoms with Crippen molar-refractivity contribution in [2.75, 3.05) is 0 Å². The molecule has 0 fully saturated rings. The largest absolute Gasteiger partial charge is 0.487 e. The molecule has 0 radical (unpaired) electrons. The van der Waals surface area contributed by atoms with Gasteiger partial charge in [-0.05, 0) is 66.9 Å².